The molecule has 0 aliphatic carbocycles. The minimum Gasteiger partial charge on any atom is -0.372 e. The second-order valence-corrected chi connectivity index (χ2v) is 10.8. The number of nitriles is 1. The number of benzene rings is 1. The molecule has 7 nitrogen and oxygen atoms in total. The number of pyridine rings is 1. The molecule has 3 heterocycles. The molecule has 2 atom stereocenters. The van der Waals surface area contributed by atoms with Gasteiger partial charge in [-0.15, -0.1) is 0 Å². The first-order valence-corrected chi connectivity index (χ1v) is 12.8. The number of nitrogens with zero attached hydrogens (tertiary/aromatic N) is 4. The number of thiocarbonyl (C=S) groups is 1. The molecule has 2 saturated heterocycles. The molecule has 10 heteroatoms. The van der Waals surface area contributed by atoms with Crippen LogP contribution < -0.4 is 10.5 Å². The summed E-state index contributed by atoms with van der Waals surface area (Å²) in [6, 6.07) is 9.37. The topological polar surface area (TPSA) is 78.6 Å². The number of halogens is 1. The summed E-state index contributed by atoms with van der Waals surface area (Å²) < 4.78 is 7.80. The fourth-order valence-corrected chi connectivity index (χ4v) is 5.94. The predicted octanol–water partition coefficient (Wildman–Crippen LogP) is 4.23. The van der Waals surface area contributed by atoms with Crippen LogP contribution in [0.2, 0.25) is 5.02 Å². The van der Waals surface area contributed by atoms with Crippen molar-refractivity contribution in [1.82, 2.24) is 9.47 Å². The van der Waals surface area contributed by atoms with Crippen LogP contribution in [0.3, 0.4) is 0 Å². The van der Waals surface area contributed by atoms with Crippen molar-refractivity contribution in [3.05, 3.63) is 66.8 Å². The molecule has 2 fully saturated rings. The molecule has 4 rings (SSSR count). The van der Waals surface area contributed by atoms with E-state index in [-0.39, 0.29) is 35.8 Å². The number of morpholine rings is 1. The number of hydrogen-bond acceptors (Lipinski definition) is 7. The molecular weight excluding hydrogens is 504 g/mol. The highest BCUT2D eigenvalue weighted by Crippen LogP contribution is 2.37. The summed E-state index contributed by atoms with van der Waals surface area (Å²) in [7, 11) is 1.66. The average Bonchev–Trinajstić information content (AvgIpc) is 3.06. The van der Waals surface area contributed by atoms with Gasteiger partial charge in [-0.25, -0.2) is 0 Å². The van der Waals surface area contributed by atoms with Crippen molar-refractivity contribution in [1.29, 1.82) is 5.26 Å². The molecule has 0 spiro atoms. The van der Waals surface area contributed by atoms with Gasteiger partial charge >= 0.3 is 0 Å². The molecule has 1 amide bonds. The molecule has 1 aromatic carbocycles. The van der Waals surface area contributed by atoms with Gasteiger partial charge in [0.1, 0.15) is 21.8 Å². The Morgan fingerprint density at radius 3 is 2.54 bits per heavy atom. The number of carbonyl (C=O) groups excluding carboxylic acids is 1. The summed E-state index contributed by atoms with van der Waals surface area (Å²) in [5.74, 6) is 0.422. The van der Waals surface area contributed by atoms with Crippen LogP contribution in [0.5, 0.6) is 0 Å². The van der Waals surface area contributed by atoms with Crippen LogP contribution >= 0.6 is 35.6 Å². The van der Waals surface area contributed by atoms with Crippen molar-refractivity contribution in [3.63, 3.8) is 0 Å². The number of anilines is 1. The molecule has 1 aromatic heterocycles. The maximum Gasteiger partial charge on any atom is 0.270 e. The summed E-state index contributed by atoms with van der Waals surface area (Å²) in [5.41, 5.74) is 1.68. The third-order valence-corrected chi connectivity index (χ3v) is 7.87. The standard InChI is InChI=1S/C25H25ClN4O3S2/c1-14-11-29(12-15(2)33-14)22-18(16(3)19(10-27)23(31)28(22)4)9-21-24(32)30(25(34)35-21)13-17-7-5-6-8-20(17)26/h5-9,14-15H,11-13H2,1-4H3/b21-9-/t14-,15+. The van der Waals surface area contributed by atoms with E-state index in [4.69, 9.17) is 28.6 Å². The fraction of sp³-hybridized carbons (Fsp3) is 0.360. The molecule has 35 heavy (non-hydrogen) atoms. The first-order chi connectivity index (χ1) is 16.6. The Morgan fingerprint density at radius 1 is 1.26 bits per heavy atom. The molecule has 2 aliphatic rings. The van der Waals surface area contributed by atoms with Crippen molar-refractivity contribution in [2.24, 2.45) is 7.05 Å². The molecule has 0 saturated carbocycles. The Morgan fingerprint density at radius 2 is 1.91 bits per heavy atom. The minimum atomic E-state index is -0.366. The number of carbonyl (C=O) groups is 1. The third-order valence-electron chi connectivity index (χ3n) is 6.12. The third kappa shape index (κ3) is 4.89. The van der Waals surface area contributed by atoms with Crippen LogP contribution in [0.15, 0.2) is 34.0 Å². The van der Waals surface area contributed by atoms with Gasteiger partial charge in [0.2, 0.25) is 0 Å². The van der Waals surface area contributed by atoms with Crippen molar-refractivity contribution in [2.75, 3.05) is 18.0 Å². The van der Waals surface area contributed by atoms with Gasteiger partial charge in [0, 0.05) is 30.7 Å². The predicted molar refractivity (Wildman–Crippen MR) is 144 cm³/mol. The van der Waals surface area contributed by atoms with Crippen molar-refractivity contribution >= 4 is 57.7 Å². The number of rotatable bonds is 4. The van der Waals surface area contributed by atoms with E-state index in [1.165, 1.54) is 21.2 Å². The molecular formula is C25H25ClN4O3S2. The lowest BCUT2D eigenvalue weighted by Crippen LogP contribution is -2.47. The minimum absolute atomic E-state index is 0.0357. The highest BCUT2D eigenvalue weighted by Gasteiger charge is 2.34. The Hall–Kier alpha value is -2.64. The summed E-state index contributed by atoms with van der Waals surface area (Å²) in [5, 5.41) is 10.3. The molecule has 0 radical (unpaired) electrons. The zero-order valence-corrected chi connectivity index (χ0v) is 22.3. The SMILES string of the molecule is Cc1c(/C=C2\SC(=S)N(Cc3ccccc3Cl)C2=O)c(N2C[C@@H](C)O[C@@H](C)C2)n(C)c(=O)c1C#N. The van der Waals surface area contributed by atoms with Crippen LogP contribution in [0.25, 0.3) is 6.08 Å². The Bertz CT molecular complexity index is 1340. The molecule has 2 aromatic rings. The average molecular weight is 529 g/mol. The molecule has 182 valence electrons. The maximum absolute atomic E-state index is 13.4. The van der Waals surface area contributed by atoms with Crippen molar-refractivity contribution in [3.8, 4) is 6.07 Å². The van der Waals surface area contributed by atoms with Gasteiger partial charge in [0.05, 0.1) is 23.7 Å². The van der Waals surface area contributed by atoms with Crippen molar-refractivity contribution in [2.45, 2.75) is 39.5 Å². The van der Waals surface area contributed by atoms with E-state index in [2.05, 4.69) is 4.90 Å². The van der Waals surface area contributed by atoms with Crippen LogP contribution in [0.1, 0.15) is 36.1 Å². The van der Waals surface area contributed by atoms with Crippen molar-refractivity contribution < 1.29 is 9.53 Å². The zero-order chi connectivity index (χ0) is 25.4. The van der Waals surface area contributed by atoms with Gasteiger partial charge in [-0.3, -0.25) is 19.1 Å². The maximum atomic E-state index is 13.4. The molecule has 0 N–H and O–H groups in total. The normalized spacial score (nSPS) is 21.7. The number of aromatic nitrogens is 1. The van der Waals surface area contributed by atoms with Gasteiger partial charge < -0.3 is 9.64 Å². The van der Waals surface area contributed by atoms with Crippen LogP contribution in [0.4, 0.5) is 5.82 Å². The van der Waals surface area contributed by atoms with Gasteiger partial charge in [-0.05, 0) is 44.0 Å². The smallest absolute Gasteiger partial charge is 0.270 e. The summed E-state index contributed by atoms with van der Waals surface area (Å²) in [6.07, 6.45) is 1.68. The van der Waals surface area contributed by atoms with E-state index < -0.39 is 0 Å². The zero-order valence-electron chi connectivity index (χ0n) is 19.9. The number of ether oxygens (including phenoxy) is 1. The number of thioether (sulfide) groups is 1. The van der Waals surface area contributed by atoms with E-state index in [0.717, 1.165) is 5.56 Å². The van der Waals surface area contributed by atoms with Gasteiger partial charge in [-0.2, -0.15) is 5.26 Å². The highest BCUT2D eigenvalue weighted by atomic mass is 35.5. The van der Waals surface area contributed by atoms with E-state index in [1.54, 1.807) is 26.1 Å². The first kappa shape index (κ1) is 25.5. The van der Waals surface area contributed by atoms with Crippen LogP contribution in [-0.4, -0.2) is 45.0 Å². The Labute approximate surface area is 218 Å². The largest absolute Gasteiger partial charge is 0.372 e. The van der Waals surface area contributed by atoms with Gasteiger partial charge in [-0.1, -0.05) is 53.8 Å². The molecule has 0 bridgehead atoms. The highest BCUT2D eigenvalue weighted by molar-refractivity contribution is 8.26. The summed E-state index contributed by atoms with van der Waals surface area (Å²) in [6.45, 7) is 7.14. The second-order valence-electron chi connectivity index (χ2n) is 8.73. The first-order valence-electron chi connectivity index (χ1n) is 11.1. The quantitative estimate of drug-likeness (QED) is 0.434. The lowest BCUT2D eigenvalue weighted by molar-refractivity contribution is -0.122. The Kier molecular flexibility index (Phi) is 7.38. The summed E-state index contributed by atoms with van der Waals surface area (Å²) in [4.78, 5) is 30.4. The Balaban J connectivity index is 1.80. The van der Waals surface area contributed by atoms with Gasteiger partial charge in [0.15, 0.2) is 0 Å². The lowest BCUT2D eigenvalue weighted by Gasteiger charge is -2.38. The van der Waals surface area contributed by atoms with E-state index in [1.807, 2.05) is 38.1 Å². The van der Waals surface area contributed by atoms with E-state index >= 15 is 0 Å². The molecule has 2 aliphatic heterocycles. The fourth-order valence-electron chi connectivity index (χ4n) is 4.51. The van der Waals surface area contributed by atoms with Crippen LogP contribution in [-0.2, 0) is 23.1 Å². The van der Waals surface area contributed by atoms with E-state index in [0.29, 0.717) is 44.3 Å². The number of hydrogen-bond donors (Lipinski definition) is 0. The number of amides is 1. The van der Waals surface area contributed by atoms with Crippen LogP contribution in [0, 0.1) is 18.3 Å². The van der Waals surface area contributed by atoms with Gasteiger partial charge in [0.25, 0.3) is 11.5 Å². The second kappa shape index (κ2) is 10.2. The van der Waals surface area contributed by atoms with E-state index in [9.17, 15) is 14.9 Å². The monoisotopic (exact) mass is 528 g/mol. The summed E-state index contributed by atoms with van der Waals surface area (Å²) >= 11 is 13.0. The molecule has 0 unspecified atom stereocenters. The lowest BCUT2D eigenvalue weighted by atomic mass is 10.0.